The van der Waals surface area contributed by atoms with Crippen LogP contribution in [0.2, 0.25) is 0 Å². The van der Waals surface area contributed by atoms with Crippen molar-refractivity contribution in [2.24, 2.45) is 0 Å². The molecule has 0 aliphatic carbocycles. The van der Waals surface area contributed by atoms with Crippen LogP contribution in [0.25, 0.3) is 0 Å². The van der Waals surface area contributed by atoms with E-state index < -0.39 is 0 Å². The zero-order valence-corrected chi connectivity index (χ0v) is 13.7. The third-order valence-electron chi connectivity index (χ3n) is 3.39. The summed E-state index contributed by atoms with van der Waals surface area (Å²) in [5, 5.41) is 11.2. The molecule has 1 aromatic heterocycles. The van der Waals surface area contributed by atoms with Crippen molar-refractivity contribution < 1.29 is 0 Å². The molecule has 116 valence electrons. The summed E-state index contributed by atoms with van der Waals surface area (Å²) in [4.78, 5) is 0. The number of aromatic nitrogens is 2. The van der Waals surface area contributed by atoms with Crippen molar-refractivity contribution in [2.45, 2.75) is 13.5 Å². The Balaban J connectivity index is 1.58. The van der Waals surface area contributed by atoms with Gasteiger partial charge in [0.05, 0.1) is 6.54 Å². The van der Waals surface area contributed by atoms with Crippen molar-refractivity contribution in [3.05, 3.63) is 78.1 Å². The first-order chi connectivity index (χ1) is 11.2. The first-order valence-corrected chi connectivity index (χ1v) is 7.81. The highest BCUT2D eigenvalue weighted by Gasteiger charge is 2.00. The molecule has 4 nitrogen and oxygen atoms in total. The van der Waals surface area contributed by atoms with Crippen molar-refractivity contribution in [1.29, 1.82) is 0 Å². The van der Waals surface area contributed by atoms with E-state index in [0.717, 1.165) is 17.9 Å². The van der Waals surface area contributed by atoms with E-state index in [1.54, 1.807) is 6.20 Å². The maximum Gasteiger partial charge on any atom is 0.175 e. The number of anilines is 2. The smallest absolute Gasteiger partial charge is 0.175 e. The van der Waals surface area contributed by atoms with Crippen LogP contribution in [0.15, 0.2) is 67.0 Å². The second-order valence-corrected chi connectivity index (χ2v) is 5.76. The Morgan fingerprint density at radius 1 is 1.04 bits per heavy atom. The van der Waals surface area contributed by atoms with Crippen LogP contribution in [0.3, 0.4) is 0 Å². The molecule has 2 N–H and O–H groups in total. The molecule has 23 heavy (non-hydrogen) atoms. The number of thiocarbonyl (C=S) groups is 1. The van der Waals surface area contributed by atoms with Gasteiger partial charge in [-0.15, -0.1) is 0 Å². The summed E-state index contributed by atoms with van der Waals surface area (Å²) in [6.07, 6.45) is 3.73. The number of aryl methyl sites for hydroxylation is 1. The fourth-order valence-electron chi connectivity index (χ4n) is 2.29. The lowest BCUT2D eigenvalue weighted by atomic mass is 10.2. The monoisotopic (exact) mass is 322 g/mol. The third-order valence-corrected chi connectivity index (χ3v) is 3.60. The van der Waals surface area contributed by atoms with Gasteiger partial charge in [-0.2, -0.15) is 5.10 Å². The molecule has 1 heterocycles. The summed E-state index contributed by atoms with van der Waals surface area (Å²) >= 11 is 5.35. The van der Waals surface area contributed by atoms with Gasteiger partial charge in [0, 0.05) is 23.8 Å². The van der Waals surface area contributed by atoms with Crippen molar-refractivity contribution in [2.75, 3.05) is 10.6 Å². The molecule has 0 aliphatic rings. The maximum atomic E-state index is 5.35. The van der Waals surface area contributed by atoms with Crippen LogP contribution in [-0.2, 0) is 6.54 Å². The van der Waals surface area contributed by atoms with E-state index in [1.165, 1.54) is 11.1 Å². The van der Waals surface area contributed by atoms with E-state index in [0.29, 0.717) is 5.11 Å². The van der Waals surface area contributed by atoms with Crippen molar-refractivity contribution in [3.63, 3.8) is 0 Å². The zero-order chi connectivity index (χ0) is 16.1. The van der Waals surface area contributed by atoms with E-state index in [-0.39, 0.29) is 0 Å². The Morgan fingerprint density at radius 3 is 2.52 bits per heavy atom. The quantitative estimate of drug-likeness (QED) is 0.711. The molecule has 2 aromatic carbocycles. The average molecular weight is 322 g/mol. The first kappa shape index (κ1) is 15.2. The highest BCUT2D eigenvalue weighted by molar-refractivity contribution is 7.80. The Kier molecular flexibility index (Phi) is 4.68. The molecule has 0 atom stereocenters. The van der Waals surface area contributed by atoms with Gasteiger partial charge in [0.1, 0.15) is 0 Å². The second kappa shape index (κ2) is 7.07. The van der Waals surface area contributed by atoms with Crippen molar-refractivity contribution >= 4 is 28.7 Å². The normalized spacial score (nSPS) is 10.3. The van der Waals surface area contributed by atoms with Crippen molar-refractivity contribution in [3.8, 4) is 0 Å². The van der Waals surface area contributed by atoms with E-state index in [9.17, 15) is 0 Å². The Labute approximate surface area is 141 Å². The van der Waals surface area contributed by atoms with Gasteiger partial charge >= 0.3 is 0 Å². The Bertz CT molecular complexity index is 779. The maximum absolute atomic E-state index is 5.35. The first-order valence-electron chi connectivity index (χ1n) is 7.40. The van der Waals surface area contributed by atoms with Gasteiger partial charge < -0.3 is 10.6 Å². The van der Waals surface area contributed by atoms with Crippen LogP contribution in [0.4, 0.5) is 11.4 Å². The molecule has 3 aromatic rings. The van der Waals surface area contributed by atoms with Gasteiger partial charge in [0.2, 0.25) is 0 Å². The number of hydrogen-bond donors (Lipinski definition) is 2. The fraction of sp³-hybridized carbons (Fsp3) is 0.111. The number of nitrogens with zero attached hydrogens (tertiary/aromatic N) is 2. The van der Waals surface area contributed by atoms with Gasteiger partial charge in [-0.25, -0.2) is 0 Å². The molecule has 0 amide bonds. The lowest BCUT2D eigenvalue weighted by Gasteiger charge is -2.11. The van der Waals surface area contributed by atoms with E-state index in [2.05, 4.69) is 46.9 Å². The summed E-state index contributed by atoms with van der Waals surface area (Å²) in [5.74, 6) is 0. The minimum atomic E-state index is 0.579. The molecule has 0 saturated carbocycles. The Morgan fingerprint density at radius 2 is 1.83 bits per heavy atom. The van der Waals surface area contributed by atoms with Crippen LogP contribution in [0.1, 0.15) is 11.1 Å². The zero-order valence-electron chi connectivity index (χ0n) is 12.9. The number of hydrogen-bond acceptors (Lipinski definition) is 2. The number of nitrogens with one attached hydrogen (secondary N) is 2. The van der Waals surface area contributed by atoms with E-state index in [1.807, 2.05) is 41.2 Å². The van der Waals surface area contributed by atoms with Gasteiger partial charge in [-0.05, 0) is 60.6 Å². The van der Waals surface area contributed by atoms with Crippen LogP contribution in [0.5, 0.6) is 0 Å². The molecule has 5 heteroatoms. The van der Waals surface area contributed by atoms with Gasteiger partial charge in [0.25, 0.3) is 0 Å². The molecule has 0 saturated heterocycles. The van der Waals surface area contributed by atoms with Crippen LogP contribution >= 0.6 is 12.2 Å². The fourth-order valence-corrected chi connectivity index (χ4v) is 2.53. The molecule has 0 bridgehead atoms. The van der Waals surface area contributed by atoms with Crippen molar-refractivity contribution in [1.82, 2.24) is 9.78 Å². The van der Waals surface area contributed by atoms with Crippen LogP contribution < -0.4 is 10.6 Å². The summed E-state index contributed by atoms with van der Waals surface area (Å²) < 4.78 is 1.90. The van der Waals surface area contributed by atoms with Gasteiger partial charge in [0.15, 0.2) is 5.11 Å². The molecule has 0 aliphatic heterocycles. The summed E-state index contributed by atoms with van der Waals surface area (Å²) in [6, 6.07) is 18.2. The number of benzene rings is 2. The Hall–Kier alpha value is -2.66. The summed E-state index contributed by atoms with van der Waals surface area (Å²) in [5.41, 5.74) is 4.33. The predicted octanol–water partition coefficient (Wildman–Crippen LogP) is 4.05. The molecule has 0 radical (unpaired) electrons. The summed E-state index contributed by atoms with van der Waals surface area (Å²) in [6.45, 7) is 2.82. The van der Waals surface area contributed by atoms with Gasteiger partial charge in [-0.1, -0.05) is 24.3 Å². The number of rotatable bonds is 4. The van der Waals surface area contributed by atoms with E-state index >= 15 is 0 Å². The molecular weight excluding hydrogens is 304 g/mol. The second-order valence-electron chi connectivity index (χ2n) is 5.35. The largest absolute Gasteiger partial charge is 0.332 e. The highest BCUT2D eigenvalue weighted by atomic mass is 32.1. The predicted molar refractivity (Wildman–Crippen MR) is 98.8 cm³/mol. The molecule has 0 fully saturated rings. The van der Waals surface area contributed by atoms with Crippen LogP contribution in [-0.4, -0.2) is 14.9 Å². The lowest BCUT2D eigenvalue weighted by molar-refractivity contribution is 0.687. The van der Waals surface area contributed by atoms with Gasteiger partial charge in [-0.3, -0.25) is 4.68 Å². The molecule has 0 spiro atoms. The van der Waals surface area contributed by atoms with Crippen LogP contribution in [0, 0.1) is 6.92 Å². The third kappa shape index (κ3) is 4.40. The average Bonchev–Trinajstić information content (AvgIpc) is 3.02. The van der Waals surface area contributed by atoms with E-state index in [4.69, 9.17) is 12.2 Å². The minimum Gasteiger partial charge on any atom is -0.332 e. The highest BCUT2D eigenvalue weighted by Crippen LogP contribution is 2.13. The molecule has 3 rings (SSSR count). The lowest BCUT2D eigenvalue weighted by Crippen LogP contribution is -2.19. The SMILES string of the molecule is Cc1cccc(NC(=S)Nc2ccc(Cn3cccn3)cc2)c1. The topological polar surface area (TPSA) is 41.9 Å². The standard InChI is InChI=1S/C18H18N4S/c1-14-4-2-5-17(12-14)21-18(23)20-16-8-6-15(7-9-16)13-22-11-3-10-19-22/h2-12H,13H2,1H3,(H2,20,21,23). The molecule has 0 unspecified atom stereocenters. The minimum absolute atomic E-state index is 0.579. The molecular formula is C18H18N4S. The summed E-state index contributed by atoms with van der Waals surface area (Å²) in [7, 11) is 0.